The Morgan fingerprint density at radius 1 is 1.33 bits per heavy atom. The number of hydrogen-bond acceptors (Lipinski definition) is 3. The van der Waals surface area contributed by atoms with Crippen molar-refractivity contribution < 1.29 is 8.42 Å². The molecule has 0 radical (unpaired) electrons. The quantitative estimate of drug-likeness (QED) is 0.804. The van der Waals surface area contributed by atoms with E-state index in [-0.39, 0.29) is 17.2 Å². The van der Waals surface area contributed by atoms with Gasteiger partial charge in [0.15, 0.2) is 9.84 Å². The molecular weight excluding hydrogens is 210 g/mol. The van der Waals surface area contributed by atoms with Gasteiger partial charge in [-0.2, -0.15) is 0 Å². The molecule has 0 aromatic heterocycles. The molecule has 1 rings (SSSR count). The summed E-state index contributed by atoms with van der Waals surface area (Å²) in [6, 6.07) is 0.118. The Balaban J connectivity index is 2.59. The third-order valence-electron chi connectivity index (χ3n) is 3.66. The van der Waals surface area contributed by atoms with E-state index in [1.807, 2.05) is 6.92 Å². The molecule has 1 atom stereocenters. The molecule has 3 nitrogen and oxygen atoms in total. The van der Waals surface area contributed by atoms with Crippen molar-refractivity contribution in [1.82, 2.24) is 0 Å². The summed E-state index contributed by atoms with van der Waals surface area (Å²) in [7, 11) is -2.98. The third kappa shape index (κ3) is 2.72. The highest BCUT2D eigenvalue weighted by molar-refractivity contribution is 7.92. The molecule has 0 spiro atoms. The first kappa shape index (κ1) is 13.0. The lowest BCUT2D eigenvalue weighted by Gasteiger charge is -2.23. The lowest BCUT2D eigenvalue weighted by molar-refractivity contribution is 0.405. The van der Waals surface area contributed by atoms with Crippen LogP contribution >= 0.6 is 0 Å². The molecule has 4 heteroatoms. The molecule has 1 saturated carbocycles. The van der Waals surface area contributed by atoms with Crippen molar-refractivity contribution in [3.8, 4) is 0 Å². The third-order valence-corrected chi connectivity index (χ3v) is 6.27. The molecular formula is C11H23NO2S. The van der Waals surface area contributed by atoms with Crippen LogP contribution in [0.5, 0.6) is 0 Å². The topological polar surface area (TPSA) is 60.2 Å². The van der Waals surface area contributed by atoms with Crippen molar-refractivity contribution in [1.29, 1.82) is 0 Å². The fourth-order valence-electron chi connectivity index (χ4n) is 1.74. The lowest BCUT2D eigenvalue weighted by atomic mass is 9.96. The Kier molecular flexibility index (Phi) is 3.23. The molecule has 1 fully saturated rings. The number of rotatable bonds is 4. The summed E-state index contributed by atoms with van der Waals surface area (Å²) in [5.74, 6) is 0.276. The Bertz CT molecular complexity index is 321. The molecule has 0 saturated heterocycles. The Morgan fingerprint density at radius 2 is 1.80 bits per heavy atom. The maximum Gasteiger partial charge on any atom is 0.155 e. The summed E-state index contributed by atoms with van der Waals surface area (Å²) in [5, 5.41) is 0. The first-order valence-corrected chi connectivity index (χ1v) is 7.24. The zero-order valence-electron chi connectivity index (χ0n) is 10.2. The van der Waals surface area contributed by atoms with Gasteiger partial charge in [-0.1, -0.05) is 0 Å². The van der Waals surface area contributed by atoms with Crippen molar-refractivity contribution in [2.45, 2.75) is 57.7 Å². The van der Waals surface area contributed by atoms with E-state index in [1.165, 1.54) is 0 Å². The Morgan fingerprint density at radius 3 is 2.07 bits per heavy atom. The highest BCUT2D eigenvalue weighted by Gasteiger charge is 2.46. The second-order valence-corrected chi connectivity index (χ2v) is 8.69. The van der Waals surface area contributed by atoms with Crippen LogP contribution in [-0.2, 0) is 9.84 Å². The maximum atomic E-state index is 11.9. The fourth-order valence-corrected chi connectivity index (χ4v) is 3.03. The summed E-state index contributed by atoms with van der Waals surface area (Å²) in [6.45, 7) is 7.26. The van der Waals surface area contributed by atoms with Crippen LogP contribution in [0.25, 0.3) is 0 Å². The van der Waals surface area contributed by atoms with E-state index in [2.05, 4.69) is 0 Å². The van der Waals surface area contributed by atoms with Crippen LogP contribution in [0.3, 0.4) is 0 Å². The summed E-state index contributed by atoms with van der Waals surface area (Å²) < 4.78 is 23.2. The average Bonchev–Trinajstić information content (AvgIpc) is 2.79. The molecule has 0 aliphatic heterocycles. The summed E-state index contributed by atoms with van der Waals surface area (Å²) in [6.07, 6.45) is 2.90. The van der Waals surface area contributed by atoms with E-state index in [0.717, 1.165) is 19.3 Å². The monoisotopic (exact) mass is 233 g/mol. The maximum absolute atomic E-state index is 11.9. The van der Waals surface area contributed by atoms with Gasteiger partial charge >= 0.3 is 0 Å². The molecule has 0 amide bonds. The molecule has 0 bridgehead atoms. The number of nitrogens with two attached hydrogens (primary N) is 1. The first-order chi connectivity index (χ1) is 6.61. The molecule has 1 aliphatic rings. The van der Waals surface area contributed by atoms with Crippen LogP contribution in [0.2, 0.25) is 0 Å². The van der Waals surface area contributed by atoms with E-state index in [9.17, 15) is 8.42 Å². The molecule has 0 aromatic rings. The normalized spacial score (nSPS) is 22.5. The molecule has 15 heavy (non-hydrogen) atoms. The number of sulfone groups is 1. The highest BCUT2D eigenvalue weighted by Crippen LogP contribution is 2.51. The van der Waals surface area contributed by atoms with Gasteiger partial charge in [0.1, 0.15) is 0 Å². The summed E-state index contributed by atoms with van der Waals surface area (Å²) in [5.41, 5.74) is 6.00. The zero-order chi connectivity index (χ0) is 11.9. The second-order valence-electron chi connectivity index (χ2n) is 5.83. The van der Waals surface area contributed by atoms with Gasteiger partial charge in [0.25, 0.3) is 0 Å². The van der Waals surface area contributed by atoms with Crippen LogP contribution < -0.4 is 5.73 Å². The second kappa shape index (κ2) is 3.74. The predicted octanol–water partition coefficient (Wildman–Crippen LogP) is 1.72. The van der Waals surface area contributed by atoms with Crippen LogP contribution in [-0.4, -0.2) is 25.0 Å². The molecule has 0 aromatic carbocycles. The molecule has 0 heterocycles. The lowest BCUT2D eigenvalue weighted by Crippen LogP contribution is -2.34. The van der Waals surface area contributed by atoms with Crippen LogP contribution in [0.4, 0.5) is 0 Å². The van der Waals surface area contributed by atoms with Crippen molar-refractivity contribution in [2.24, 2.45) is 11.1 Å². The van der Waals surface area contributed by atoms with E-state index < -0.39 is 14.6 Å². The van der Waals surface area contributed by atoms with E-state index in [0.29, 0.717) is 0 Å². The summed E-state index contributed by atoms with van der Waals surface area (Å²) >= 11 is 0. The first-order valence-electron chi connectivity index (χ1n) is 5.59. The number of hydrogen-bond donors (Lipinski definition) is 1. The van der Waals surface area contributed by atoms with E-state index in [1.54, 1.807) is 20.8 Å². The molecule has 90 valence electrons. The zero-order valence-corrected chi connectivity index (χ0v) is 11.0. The van der Waals surface area contributed by atoms with Crippen LogP contribution in [0.1, 0.15) is 47.0 Å². The van der Waals surface area contributed by atoms with Crippen molar-refractivity contribution in [3.05, 3.63) is 0 Å². The highest BCUT2D eigenvalue weighted by atomic mass is 32.2. The average molecular weight is 233 g/mol. The Labute approximate surface area is 93.3 Å². The predicted molar refractivity (Wildman–Crippen MR) is 63.5 cm³/mol. The van der Waals surface area contributed by atoms with Gasteiger partial charge in [-0.15, -0.1) is 0 Å². The minimum absolute atomic E-state index is 0.118. The van der Waals surface area contributed by atoms with Gasteiger partial charge in [-0.25, -0.2) is 8.42 Å². The van der Waals surface area contributed by atoms with E-state index >= 15 is 0 Å². The van der Waals surface area contributed by atoms with Gasteiger partial charge in [-0.05, 0) is 52.4 Å². The van der Waals surface area contributed by atoms with Gasteiger partial charge < -0.3 is 5.73 Å². The van der Waals surface area contributed by atoms with Crippen molar-refractivity contribution >= 4 is 9.84 Å². The minimum Gasteiger partial charge on any atom is -0.327 e. The van der Waals surface area contributed by atoms with Crippen LogP contribution in [0.15, 0.2) is 0 Å². The molecule has 1 unspecified atom stereocenters. The largest absolute Gasteiger partial charge is 0.327 e. The van der Waals surface area contributed by atoms with Gasteiger partial charge in [-0.3, -0.25) is 0 Å². The van der Waals surface area contributed by atoms with Crippen molar-refractivity contribution in [2.75, 3.05) is 5.75 Å². The fraction of sp³-hybridized carbons (Fsp3) is 1.00. The van der Waals surface area contributed by atoms with Crippen molar-refractivity contribution in [3.63, 3.8) is 0 Å². The standard InChI is InChI=1S/C11H23NO2S/c1-9(12)11(5-6-11)7-8-15(13,14)10(2,3)4/h9H,5-8,12H2,1-4H3. The van der Waals surface area contributed by atoms with Gasteiger partial charge in [0.2, 0.25) is 0 Å². The minimum atomic E-state index is -2.98. The SMILES string of the molecule is CC(N)C1(CCS(=O)(=O)C(C)(C)C)CC1. The van der Waals surface area contributed by atoms with Gasteiger partial charge in [0.05, 0.1) is 10.5 Å². The van der Waals surface area contributed by atoms with E-state index in [4.69, 9.17) is 5.73 Å². The van der Waals surface area contributed by atoms with Gasteiger partial charge in [0, 0.05) is 6.04 Å². The smallest absolute Gasteiger partial charge is 0.155 e. The summed E-state index contributed by atoms with van der Waals surface area (Å²) in [4.78, 5) is 0. The molecule has 2 N–H and O–H groups in total. The Hall–Kier alpha value is -0.0900. The van der Waals surface area contributed by atoms with Crippen LogP contribution in [0, 0.1) is 5.41 Å². The molecule has 1 aliphatic carbocycles.